The van der Waals surface area contributed by atoms with E-state index in [1.807, 2.05) is 30.3 Å². The summed E-state index contributed by atoms with van der Waals surface area (Å²) in [6.07, 6.45) is 0.865. The molecular formula is C13H18N2O2. The number of carbonyl (C=O) groups excluding carboxylic acids is 1. The molecule has 0 aliphatic carbocycles. The first kappa shape index (κ1) is 12.1. The Hall–Kier alpha value is -1.39. The Bertz CT molecular complexity index is 380. The second kappa shape index (κ2) is 5.29. The van der Waals surface area contributed by atoms with Crippen LogP contribution in [0.15, 0.2) is 30.3 Å². The molecule has 1 fully saturated rings. The van der Waals surface area contributed by atoms with E-state index in [1.165, 1.54) is 0 Å². The third-order valence-corrected chi connectivity index (χ3v) is 3.28. The molecule has 3 N–H and O–H groups in total. The molecule has 2 atom stereocenters. The lowest BCUT2D eigenvalue weighted by atomic mass is 10.1. The van der Waals surface area contributed by atoms with E-state index >= 15 is 0 Å². The molecular weight excluding hydrogens is 216 g/mol. The molecule has 0 spiro atoms. The lowest BCUT2D eigenvalue weighted by Crippen LogP contribution is -2.37. The van der Waals surface area contributed by atoms with Gasteiger partial charge in [-0.05, 0) is 12.0 Å². The first-order chi connectivity index (χ1) is 8.22. The molecule has 1 amide bonds. The van der Waals surface area contributed by atoms with Crippen LogP contribution in [0.25, 0.3) is 0 Å². The van der Waals surface area contributed by atoms with Crippen molar-refractivity contribution in [2.24, 2.45) is 11.7 Å². The van der Waals surface area contributed by atoms with Crippen molar-refractivity contribution in [1.82, 2.24) is 4.90 Å². The van der Waals surface area contributed by atoms with Crippen LogP contribution in [0.3, 0.4) is 0 Å². The molecule has 1 aliphatic heterocycles. The van der Waals surface area contributed by atoms with Crippen LogP contribution in [0, 0.1) is 5.92 Å². The van der Waals surface area contributed by atoms with Crippen molar-refractivity contribution < 1.29 is 9.90 Å². The maximum Gasteiger partial charge on any atom is 0.244 e. The standard InChI is InChI=1S/C13H18N2O2/c14-12(11-4-2-1-3-5-11)13(17)15-7-6-10(8-15)9-16/h1-5,10,12,16H,6-9,14H2/t10?,12-/m0/s1. The molecule has 17 heavy (non-hydrogen) atoms. The molecule has 1 unspecified atom stereocenters. The number of nitrogens with zero attached hydrogens (tertiary/aromatic N) is 1. The van der Waals surface area contributed by atoms with E-state index in [-0.39, 0.29) is 18.4 Å². The van der Waals surface area contributed by atoms with Crippen molar-refractivity contribution in [2.75, 3.05) is 19.7 Å². The molecule has 2 rings (SSSR count). The fraction of sp³-hybridized carbons (Fsp3) is 0.462. The highest BCUT2D eigenvalue weighted by molar-refractivity contribution is 5.83. The second-order valence-electron chi connectivity index (χ2n) is 4.51. The first-order valence-corrected chi connectivity index (χ1v) is 5.92. The van der Waals surface area contributed by atoms with Crippen molar-refractivity contribution in [2.45, 2.75) is 12.5 Å². The fourth-order valence-electron chi connectivity index (χ4n) is 2.18. The molecule has 92 valence electrons. The third kappa shape index (κ3) is 2.65. The van der Waals surface area contributed by atoms with Gasteiger partial charge in [-0.3, -0.25) is 4.79 Å². The predicted molar refractivity (Wildman–Crippen MR) is 65.1 cm³/mol. The van der Waals surface area contributed by atoms with E-state index in [2.05, 4.69) is 0 Å². The van der Waals surface area contributed by atoms with Gasteiger partial charge in [-0.15, -0.1) is 0 Å². The molecule has 1 heterocycles. The normalized spacial score (nSPS) is 21.5. The minimum Gasteiger partial charge on any atom is -0.396 e. The zero-order valence-corrected chi connectivity index (χ0v) is 9.75. The highest BCUT2D eigenvalue weighted by Gasteiger charge is 2.29. The maximum absolute atomic E-state index is 12.1. The topological polar surface area (TPSA) is 66.6 Å². The third-order valence-electron chi connectivity index (χ3n) is 3.28. The van der Waals surface area contributed by atoms with Gasteiger partial charge in [0.15, 0.2) is 0 Å². The summed E-state index contributed by atoms with van der Waals surface area (Å²) >= 11 is 0. The molecule has 1 aromatic carbocycles. The van der Waals surface area contributed by atoms with E-state index in [9.17, 15) is 4.79 Å². The summed E-state index contributed by atoms with van der Waals surface area (Å²) in [6.45, 7) is 1.46. The zero-order chi connectivity index (χ0) is 12.3. The molecule has 0 radical (unpaired) electrons. The Labute approximate surface area is 101 Å². The number of hydrogen-bond acceptors (Lipinski definition) is 3. The Morgan fingerprint density at radius 3 is 2.76 bits per heavy atom. The Morgan fingerprint density at radius 2 is 2.18 bits per heavy atom. The second-order valence-corrected chi connectivity index (χ2v) is 4.51. The van der Waals surface area contributed by atoms with E-state index in [0.717, 1.165) is 12.0 Å². The van der Waals surface area contributed by atoms with Crippen molar-refractivity contribution >= 4 is 5.91 Å². The lowest BCUT2D eigenvalue weighted by Gasteiger charge is -2.21. The lowest BCUT2D eigenvalue weighted by molar-refractivity contribution is -0.131. The molecule has 0 bridgehead atoms. The van der Waals surface area contributed by atoms with Gasteiger partial charge in [-0.25, -0.2) is 0 Å². The van der Waals surface area contributed by atoms with Crippen molar-refractivity contribution in [3.05, 3.63) is 35.9 Å². The van der Waals surface area contributed by atoms with Crippen LogP contribution >= 0.6 is 0 Å². The van der Waals surface area contributed by atoms with Crippen molar-refractivity contribution in [1.29, 1.82) is 0 Å². The van der Waals surface area contributed by atoms with Crippen LogP contribution in [0.4, 0.5) is 0 Å². The smallest absolute Gasteiger partial charge is 0.244 e. The minimum absolute atomic E-state index is 0.0489. The number of rotatable bonds is 3. The van der Waals surface area contributed by atoms with Gasteiger partial charge in [-0.2, -0.15) is 0 Å². The average molecular weight is 234 g/mol. The monoisotopic (exact) mass is 234 g/mol. The highest BCUT2D eigenvalue weighted by Crippen LogP contribution is 2.20. The van der Waals surface area contributed by atoms with Gasteiger partial charge >= 0.3 is 0 Å². The van der Waals surface area contributed by atoms with E-state index in [0.29, 0.717) is 13.1 Å². The Morgan fingerprint density at radius 1 is 1.47 bits per heavy atom. The van der Waals surface area contributed by atoms with Crippen molar-refractivity contribution in [3.63, 3.8) is 0 Å². The number of likely N-dealkylation sites (tertiary alicyclic amines) is 1. The summed E-state index contributed by atoms with van der Waals surface area (Å²) in [5, 5.41) is 9.05. The number of hydrogen-bond donors (Lipinski definition) is 2. The van der Waals surface area contributed by atoms with Gasteiger partial charge in [0.05, 0.1) is 0 Å². The van der Waals surface area contributed by atoms with Crippen LogP contribution in [0.1, 0.15) is 18.0 Å². The summed E-state index contributed by atoms with van der Waals surface area (Å²) in [6, 6.07) is 8.79. The highest BCUT2D eigenvalue weighted by atomic mass is 16.3. The van der Waals surface area contributed by atoms with Gasteiger partial charge < -0.3 is 15.7 Å². The molecule has 4 nitrogen and oxygen atoms in total. The van der Waals surface area contributed by atoms with Crippen LogP contribution in [-0.4, -0.2) is 35.6 Å². The van der Waals surface area contributed by atoms with Gasteiger partial charge in [0.2, 0.25) is 5.91 Å². The summed E-state index contributed by atoms with van der Waals surface area (Å²) in [4.78, 5) is 13.9. The van der Waals surface area contributed by atoms with Gasteiger partial charge in [0.1, 0.15) is 6.04 Å². The largest absolute Gasteiger partial charge is 0.396 e. The van der Waals surface area contributed by atoms with Gasteiger partial charge in [-0.1, -0.05) is 30.3 Å². The zero-order valence-electron chi connectivity index (χ0n) is 9.75. The average Bonchev–Trinajstić information content (AvgIpc) is 2.87. The Balaban J connectivity index is 2.01. The molecule has 0 saturated carbocycles. The molecule has 1 aliphatic rings. The molecule has 1 aromatic rings. The summed E-state index contributed by atoms with van der Waals surface area (Å²) in [5.41, 5.74) is 6.79. The Kier molecular flexibility index (Phi) is 3.76. The minimum atomic E-state index is -0.589. The van der Waals surface area contributed by atoms with Gasteiger partial charge in [0.25, 0.3) is 0 Å². The number of aliphatic hydroxyl groups excluding tert-OH is 1. The van der Waals surface area contributed by atoms with Crippen molar-refractivity contribution in [3.8, 4) is 0 Å². The van der Waals surface area contributed by atoms with Crippen LogP contribution < -0.4 is 5.73 Å². The molecule has 1 saturated heterocycles. The summed E-state index contributed by atoms with van der Waals surface area (Å²) in [7, 11) is 0. The van der Waals surface area contributed by atoms with Crippen LogP contribution in [0.5, 0.6) is 0 Å². The number of benzene rings is 1. The number of aliphatic hydroxyl groups is 1. The molecule has 4 heteroatoms. The molecule has 0 aromatic heterocycles. The first-order valence-electron chi connectivity index (χ1n) is 5.92. The van der Waals surface area contributed by atoms with Crippen LogP contribution in [-0.2, 0) is 4.79 Å². The quantitative estimate of drug-likeness (QED) is 0.801. The summed E-state index contributed by atoms with van der Waals surface area (Å²) < 4.78 is 0. The number of nitrogens with two attached hydrogens (primary N) is 1. The predicted octanol–water partition coefficient (Wildman–Crippen LogP) is 0.527. The van der Waals surface area contributed by atoms with E-state index < -0.39 is 6.04 Å². The summed E-state index contributed by atoms with van der Waals surface area (Å²) in [5.74, 6) is 0.161. The number of amides is 1. The maximum atomic E-state index is 12.1. The fourth-order valence-corrected chi connectivity index (χ4v) is 2.18. The van der Waals surface area contributed by atoms with Gasteiger partial charge in [0, 0.05) is 25.6 Å². The SMILES string of the molecule is N[C@H](C(=O)N1CCC(CO)C1)c1ccccc1. The number of carbonyl (C=O) groups is 1. The van der Waals surface area contributed by atoms with Crippen LogP contribution in [0.2, 0.25) is 0 Å². The van der Waals surface area contributed by atoms with E-state index in [1.54, 1.807) is 4.90 Å². The van der Waals surface area contributed by atoms with E-state index in [4.69, 9.17) is 10.8 Å².